The largest absolute Gasteiger partial charge is 0.472 e. The maximum Gasteiger partial charge on any atom is 0.217 e. The molecule has 0 amide bonds. The van der Waals surface area contributed by atoms with E-state index < -0.39 is 7.92 Å². The standard InChI is InChI=1S/C29H30NOP/c1-28(2)23-18-19-29(28,3)26-25(23)31-27(30-26)22-16-10-11-17-24(22)32(20-12-6-4-7-13-20)21-14-8-5-9-15-21/h4-17,23,25-26H,18-19H2,1-3H3/t23-,25+,26+,29-/m0/s1. The lowest BCUT2D eigenvalue weighted by atomic mass is 9.69. The van der Waals surface area contributed by atoms with Gasteiger partial charge in [-0.1, -0.05) is 99.6 Å². The molecule has 0 N–H and O–H groups in total. The monoisotopic (exact) mass is 439 g/mol. The summed E-state index contributed by atoms with van der Waals surface area (Å²) in [5.41, 5.74) is 1.68. The summed E-state index contributed by atoms with van der Waals surface area (Å²) in [5.74, 6) is 1.46. The molecule has 162 valence electrons. The van der Waals surface area contributed by atoms with E-state index in [2.05, 4.69) is 106 Å². The molecule has 2 aliphatic carbocycles. The second kappa shape index (κ2) is 7.29. The zero-order valence-electron chi connectivity index (χ0n) is 19.0. The van der Waals surface area contributed by atoms with E-state index in [0.717, 1.165) is 5.90 Å². The van der Waals surface area contributed by atoms with E-state index >= 15 is 0 Å². The van der Waals surface area contributed by atoms with Crippen LogP contribution in [0.5, 0.6) is 0 Å². The molecular formula is C29H30NOP. The molecule has 2 saturated carbocycles. The minimum atomic E-state index is -0.697. The molecule has 0 unspecified atom stereocenters. The summed E-state index contributed by atoms with van der Waals surface area (Å²) in [4.78, 5) is 5.31. The number of benzene rings is 3. The SMILES string of the molecule is CC1(C)[C@H]2CC[C@@]1(C)[C@@H]1N=C(c3ccccc3P(c3ccccc3)c3ccccc3)O[C@@H]12. The number of rotatable bonds is 4. The molecule has 2 fully saturated rings. The molecule has 0 aromatic heterocycles. The molecule has 6 rings (SSSR count). The van der Waals surface area contributed by atoms with Crippen LogP contribution in [0.4, 0.5) is 0 Å². The Kier molecular flexibility index (Phi) is 4.60. The average molecular weight is 440 g/mol. The maximum atomic E-state index is 6.73. The lowest BCUT2D eigenvalue weighted by molar-refractivity contribution is 0.116. The Hall–Kier alpha value is -2.44. The molecule has 0 saturated heterocycles. The second-order valence-electron chi connectivity index (χ2n) is 10.3. The van der Waals surface area contributed by atoms with E-state index in [9.17, 15) is 0 Å². The summed E-state index contributed by atoms with van der Waals surface area (Å²) in [5, 5.41) is 4.04. The molecule has 2 nitrogen and oxygen atoms in total. The van der Waals surface area contributed by atoms with Crippen molar-refractivity contribution < 1.29 is 4.74 Å². The Morgan fingerprint density at radius 1 is 0.812 bits per heavy atom. The van der Waals surface area contributed by atoms with Gasteiger partial charge in [0.15, 0.2) is 0 Å². The van der Waals surface area contributed by atoms with Crippen molar-refractivity contribution in [2.75, 3.05) is 0 Å². The molecule has 0 radical (unpaired) electrons. The van der Waals surface area contributed by atoms with E-state index in [0.29, 0.717) is 5.92 Å². The van der Waals surface area contributed by atoms with Crippen molar-refractivity contribution in [3.63, 3.8) is 0 Å². The number of aliphatic imine (C=N–C) groups is 1. The third-order valence-corrected chi connectivity index (χ3v) is 11.1. The Bertz CT molecular complexity index is 1130. The molecule has 3 aromatic rings. The Balaban J connectivity index is 1.46. The zero-order chi connectivity index (χ0) is 21.9. The van der Waals surface area contributed by atoms with Gasteiger partial charge in [0, 0.05) is 11.5 Å². The first-order valence-electron chi connectivity index (χ1n) is 11.7. The highest BCUT2D eigenvalue weighted by Crippen LogP contribution is 2.68. The second-order valence-corrected chi connectivity index (χ2v) is 12.5. The molecule has 1 heterocycles. The summed E-state index contributed by atoms with van der Waals surface area (Å²) in [6, 6.07) is 30.8. The van der Waals surface area contributed by atoms with E-state index in [1.807, 2.05) is 0 Å². The smallest absolute Gasteiger partial charge is 0.217 e. The van der Waals surface area contributed by atoms with Gasteiger partial charge in [0.2, 0.25) is 5.90 Å². The van der Waals surface area contributed by atoms with Gasteiger partial charge in [-0.05, 0) is 53.6 Å². The average Bonchev–Trinajstić information content (AvgIpc) is 3.40. The van der Waals surface area contributed by atoms with Crippen LogP contribution in [0.1, 0.15) is 39.2 Å². The molecule has 0 spiro atoms. The van der Waals surface area contributed by atoms with Gasteiger partial charge < -0.3 is 4.74 Å². The molecule has 3 heteroatoms. The number of nitrogens with zero attached hydrogens (tertiary/aromatic N) is 1. The van der Waals surface area contributed by atoms with Gasteiger partial charge in [-0.25, -0.2) is 4.99 Å². The Morgan fingerprint density at radius 3 is 2.03 bits per heavy atom. The van der Waals surface area contributed by atoms with E-state index in [1.54, 1.807) is 0 Å². The molecule has 2 bridgehead atoms. The molecule has 4 atom stereocenters. The van der Waals surface area contributed by atoms with Gasteiger partial charge in [0.1, 0.15) is 6.10 Å². The topological polar surface area (TPSA) is 21.6 Å². The maximum absolute atomic E-state index is 6.73. The first kappa shape index (κ1) is 20.2. The number of ether oxygens (including phenoxy) is 1. The Morgan fingerprint density at radius 2 is 1.41 bits per heavy atom. The van der Waals surface area contributed by atoms with Crippen LogP contribution in [0.15, 0.2) is 89.9 Å². The third kappa shape index (κ3) is 2.78. The van der Waals surface area contributed by atoms with Gasteiger partial charge in [-0.3, -0.25) is 0 Å². The van der Waals surface area contributed by atoms with Crippen molar-refractivity contribution in [3.05, 3.63) is 90.5 Å². The highest BCUT2D eigenvalue weighted by Gasteiger charge is 2.69. The van der Waals surface area contributed by atoms with Gasteiger partial charge in [0.05, 0.1) is 6.04 Å². The molecule has 32 heavy (non-hydrogen) atoms. The zero-order valence-corrected chi connectivity index (χ0v) is 19.9. The van der Waals surface area contributed by atoms with Gasteiger partial charge in [0.25, 0.3) is 0 Å². The van der Waals surface area contributed by atoms with Crippen molar-refractivity contribution >= 4 is 29.7 Å². The van der Waals surface area contributed by atoms with E-state index in [4.69, 9.17) is 9.73 Å². The minimum Gasteiger partial charge on any atom is -0.472 e. The molecular weight excluding hydrogens is 409 g/mol. The summed E-state index contributed by atoms with van der Waals surface area (Å²) in [6.45, 7) is 7.30. The summed E-state index contributed by atoms with van der Waals surface area (Å²) in [6.07, 6.45) is 2.75. The van der Waals surface area contributed by atoms with Gasteiger partial charge in [-0.15, -0.1) is 0 Å². The third-order valence-electron chi connectivity index (χ3n) is 8.64. The highest BCUT2D eigenvalue weighted by atomic mass is 31.1. The van der Waals surface area contributed by atoms with Crippen LogP contribution in [-0.4, -0.2) is 18.0 Å². The number of hydrogen-bond donors (Lipinski definition) is 0. The van der Waals surface area contributed by atoms with Crippen LogP contribution < -0.4 is 15.9 Å². The predicted molar refractivity (Wildman–Crippen MR) is 135 cm³/mol. The van der Waals surface area contributed by atoms with Crippen molar-refractivity contribution in [1.29, 1.82) is 0 Å². The van der Waals surface area contributed by atoms with Gasteiger partial charge >= 0.3 is 0 Å². The van der Waals surface area contributed by atoms with Gasteiger partial charge in [-0.2, -0.15) is 0 Å². The van der Waals surface area contributed by atoms with Crippen LogP contribution >= 0.6 is 7.92 Å². The van der Waals surface area contributed by atoms with Crippen LogP contribution in [0, 0.1) is 16.7 Å². The lowest BCUT2D eigenvalue weighted by Crippen LogP contribution is -2.36. The Labute approximate surface area is 192 Å². The van der Waals surface area contributed by atoms with Crippen molar-refractivity contribution in [2.24, 2.45) is 21.7 Å². The van der Waals surface area contributed by atoms with Crippen LogP contribution in [0.25, 0.3) is 0 Å². The predicted octanol–water partition coefficient (Wildman–Crippen LogP) is 5.41. The molecule has 1 aliphatic heterocycles. The minimum absolute atomic E-state index is 0.225. The number of hydrogen-bond acceptors (Lipinski definition) is 2. The summed E-state index contributed by atoms with van der Waals surface area (Å²) >= 11 is 0. The van der Waals surface area contributed by atoms with Crippen molar-refractivity contribution in [1.82, 2.24) is 0 Å². The normalized spacial score (nSPS) is 29.6. The molecule has 3 aliphatic rings. The number of fused-ring (bicyclic) bond motifs is 5. The fourth-order valence-electron chi connectivity index (χ4n) is 6.46. The fraction of sp³-hybridized carbons (Fsp3) is 0.345. The fourth-order valence-corrected chi connectivity index (χ4v) is 8.90. The summed E-state index contributed by atoms with van der Waals surface area (Å²) < 4.78 is 6.73. The quantitative estimate of drug-likeness (QED) is 0.498. The van der Waals surface area contributed by atoms with Crippen LogP contribution in [0.3, 0.4) is 0 Å². The van der Waals surface area contributed by atoms with E-state index in [1.165, 1.54) is 34.3 Å². The first-order chi connectivity index (χ1) is 15.5. The van der Waals surface area contributed by atoms with Crippen LogP contribution in [-0.2, 0) is 4.74 Å². The lowest BCUT2D eigenvalue weighted by Gasteiger charge is -2.36. The van der Waals surface area contributed by atoms with Crippen molar-refractivity contribution in [3.8, 4) is 0 Å². The van der Waals surface area contributed by atoms with Crippen molar-refractivity contribution in [2.45, 2.75) is 45.8 Å². The highest BCUT2D eigenvalue weighted by molar-refractivity contribution is 7.80. The van der Waals surface area contributed by atoms with Crippen LogP contribution in [0.2, 0.25) is 0 Å². The first-order valence-corrected chi connectivity index (χ1v) is 13.1. The molecule has 3 aromatic carbocycles. The summed E-state index contributed by atoms with van der Waals surface area (Å²) in [7, 11) is -0.697. The van der Waals surface area contributed by atoms with E-state index in [-0.39, 0.29) is 23.0 Å².